The van der Waals surface area contributed by atoms with Crippen molar-refractivity contribution in [1.29, 1.82) is 0 Å². The van der Waals surface area contributed by atoms with E-state index in [2.05, 4.69) is 0 Å². The van der Waals surface area contributed by atoms with Crippen LogP contribution in [0.2, 0.25) is 0 Å². The summed E-state index contributed by atoms with van der Waals surface area (Å²) in [4.78, 5) is 24.2. The Kier molecular flexibility index (Phi) is 2.94. The van der Waals surface area contributed by atoms with E-state index in [0.717, 1.165) is 0 Å². The zero-order valence-electron chi connectivity index (χ0n) is 12.7. The molecule has 0 aromatic heterocycles. The van der Waals surface area contributed by atoms with Gasteiger partial charge in [-0.25, -0.2) is 4.79 Å². The number of allylic oxidation sites excluding steroid dienone is 1. The zero-order chi connectivity index (χ0) is 15.6. The minimum atomic E-state index is -1.25. The van der Waals surface area contributed by atoms with Crippen molar-refractivity contribution in [3.8, 4) is 0 Å². The highest BCUT2D eigenvalue weighted by Gasteiger charge is 2.60. The van der Waals surface area contributed by atoms with Crippen molar-refractivity contribution >= 4 is 11.8 Å². The highest BCUT2D eigenvalue weighted by molar-refractivity contribution is 5.98. The molecule has 0 saturated heterocycles. The Morgan fingerprint density at radius 3 is 2.67 bits per heavy atom. The smallest absolute Gasteiger partial charge is 0.336 e. The summed E-state index contributed by atoms with van der Waals surface area (Å²) in [5.41, 5.74) is 0.539. The predicted octanol–water partition coefficient (Wildman–Crippen LogP) is 1.51. The van der Waals surface area contributed by atoms with Crippen LogP contribution in [0.3, 0.4) is 0 Å². The lowest BCUT2D eigenvalue weighted by atomic mass is 9.76. The van der Waals surface area contributed by atoms with E-state index in [1.165, 1.54) is 13.2 Å². The molecular weight excluding hydrogens is 272 g/mol. The second kappa shape index (κ2) is 4.27. The lowest BCUT2D eigenvalue weighted by Gasteiger charge is -2.32. The number of ketones is 1. The van der Waals surface area contributed by atoms with E-state index in [4.69, 9.17) is 9.47 Å². The van der Waals surface area contributed by atoms with Gasteiger partial charge in [-0.05, 0) is 31.4 Å². The van der Waals surface area contributed by atoms with Crippen molar-refractivity contribution in [3.05, 3.63) is 22.8 Å². The number of rotatable bonds is 1. The summed E-state index contributed by atoms with van der Waals surface area (Å²) in [5, 5.41) is 11.1. The minimum absolute atomic E-state index is 0.0571. The molecule has 0 bridgehead atoms. The molecule has 1 fully saturated rings. The highest BCUT2D eigenvalue weighted by Crippen LogP contribution is 2.53. The van der Waals surface area contributed by atoms with Crippen LogP contribution in [-0.4, -0.2) is 35.4 Å². The van der Waals surface area contributed by atoms with Gasteiger partial charge >= 0.3 is 5.97 Å². The molecule has 1 aliphatic heterocycles. The zero-order valence-corrected chi connectivity index (χ0v) is 12.7. The molecule has 0 spiro atoms. The van der Waals surface area contributed by atoms with Gasteiger partial charge in [-0.3, -0.25) is 4.79 Å². The molecule has 0 aromatic rings. The van der Waals surface area contributed by atoms with Crippen LogP contribution < -0.4 is 0 Å². The fourth-order valence-electron chi connectivity index (χ4n) is 4.10. The maximum absolute atomic E-state index is 12.2. The summed E-state index contributed by atoms with van der Waals surface area (Å²) in [6.45, 7) is 5.34. The van der Waals surface area contributed by atoms with Crippen LogP contribution in [0.4, 0.5) is 0 Å². The molecule has 3 aliphatic rings. The lowest BCUT2D eigenvalue weighted by Crippen LogP contribution is -2.41. The third-order valence-corrected chi connectivity index (χ3v) is 5.27. The molecule has 21 heavy (non-hydrogen) atoms. The van der Waals surface area contributed by atoms with Gasteiger partial charge in [0.15, 0.2) is 5.78 Å². The molecule has 114 valence electrons. The number of methoxy groups -OCH3 is 1. The van der Waals surface area contributed by atoms with Gasteiger partial charge in [0, 0.05) is 31.1 Å². The molecule has 1 heterocycles. The van der Waals surface area contributed by atoms with Gasteiger partial charge in [0.2, 0.25) is 5.79 Å². The van der Waals surface area contributed by atoms with Gasteiger partial charge in [-0.15, -0.1) is 0 Å². The van der Waals surface area contributed by atoms with Crippen molar-refractivity contribution in [3.63, 3.8) is 0 Å². The molecule has 0 aromatic carbocycles. The summed E-state index contributed by atoms with van der Waals surface area (Å²) in [6.07, 6.45) is 2.09. The largest absolute Gasteiger partial charge is 0.426 e. The Hall–Kier alpha value is -1.46. The van der Waals surface area contributed by atoms with E-state index in [-0.39, 0.29) is 18.1 Å². The number of fused-ring (bicyclic) bond motifs is 2. The maximum atomic E-state index is 12.2. The van der Waals surface area contributed by atoms with Crippen molar-refractivity contribution in [2.75, 3.05) is 7.11 Å². The van der Waals surface area contributed by atoms with E-state index in [1.807, 2.05) is 6.92 Å². The molecule has 0 unspecified atom stereocenters. The number of carbonyl (C=O) groups is 2. The number of aliphatic hydroxyl groups is 1. The third kappa shape index (κ3) is 1.71. The fraction of sp³-hybridized carbons (Fsp3) is 0.625. The number of ether oxygens (including phenoxy) is 2. The minimum Gasteiger partial charge on any atom is -0.426 e. The molecule has 2 aliphatic carbocycles. The van der Waals surface area contributed by atoms with E-state index >= 15 is 0 Å². The van der Waals surface area contributed by atoms with Crippen LogP contribution in [0.15, 0.2) is 22.8 Å². The van der Waals surface area contributed by atoms with Crippen molar-refractivity contribution in [2.45, 2.75) is 45.0 Å². The average Bonchev–Trinajstić information content (AvgIpc) is 2.72. The highest BCUT2D eigenvalue weighted by atomic mass is 16.7. The van der Waals surface area contributed by atoms with Crippen molar-refractivity contribution in [2.24, 2.45) is 11.8 Å². The molecule has 0 amide bonds. The molecule has 0 radical (unpaired) electrons. The molecule has 5 heteroatoms. The molecular formula is C16H20O5. The fourth-order valence-corrected chi connectivity index (χ4v) is 4.10. The Bertz CT molecular complexity index is 602. The van der Waals surface area contributed by atoms with E-state index in [9.17, 15) is 14.7 Å². The second-order valence-electron chi connectivity index (χ2n) is 6.44. The molecule has 1 N–H and O–H groups in total. The van der Waals surface area contributed by atoms with Gasteiger partial charge in [0.1, 0.15) is 5.60 Å². The second-order valence-corrected chi connectivity index (χ2v) is 6.44. The van der Waals surface area contributed by atoms with Crippen LogP contribution in [-0.2, 0) is 19.1 Å². The molecule has 5 nitrogen and oxygen atoms in total. The number of esters is 1. The van der Waals surface area contributed by atoms with Gasteiger partial charge < -0.3 is 14.6 Å². The monoisotopic (exact) mass is 292 g/mol. The summed E-state index contributed by atoms with van der Waals surface area (Å²) < 4.78 is 11.0. The Morgan fingerprint density at radius 2 is 2.05 bits per heavy atom. The first kappa shape index (κ1) is 14.5. The van der Waals surface area contributed by atoms with Crippen LogP contribution in [0, 0.1) is 11.8 Å². The molecule has 4 atom stereocenters. The molecule has 1 saturated carbocycles. The summed E-state index contributed by atoms with van der Waals surface area (Å²) in [6, 6.07) is 0. The first-order valence-corrected chi connectivity index (χ1v) is 7.19. The predicted molar refractivity (Wildman–Crippen MR) is 74.1 cm³/mol. The standard InChI is InChI=1S/C16H20O5/c1-8-6-16(20-4)11(10(3)14(18)21-16)7-15(19)9(2)5-12(17)13(8)15/h5,8,13,19H,6-7H2,1-4H3/t8-,13-,15-,16-/m1/s1. The van der Waals surface area contributed by atoms with Crippen LogP contribution >= 0.6 is 0 Å². The van der Waals surface area contributed by atoms with E-state index in [0.29, 0.717) is 23.1 Å². The van der Waals surface area contributed by atoms with Crippen LogP contribution in [0.1, 0.15) is 33.6 Å². The first-order chi connectivity index (χ1) is 9.75. The van der Waals surface area contributed by atoms with Gasteiger partial charge in [-0.2, -0.15) is 0 Å². The number of hydrogen-bond acceptors (Lipinski definition) is 5. The Balaban J connectivity index is 2.17. The van der Waals surface area contributed by atoms with E-state index in [1.54, 1.807) is 13.8 Å². The lowest BCUT2D eigenvalue weighted by molar-refractivity contribution is -0.198. The quantitative estimate of drug-likeness (QED) is 0.742. The topological polar surface area (TPSA) is 72.8 Å². The maximum Gasteiger partial charge on any atom is 0.336 e. The summed E-state index contributed by atoms with van der Waals surface area (Å²) >= 11 is 0. The SMILES string of the molecule is CO[C@@]12C[C@@H](C)[C@@H]3C(=O)C=C(C)[C@]3(O)CC1=C(C)C(=O)O2. The summed E-state index contributed by atoms with van der Waals surface area (Å²) in [7, 11) is 1.49. The van der Waals surface area contributed by atoms with Gasteiger partial charge in [-0.1, -0.05) is 6.92 Å². The van der Waals surface area contributed by atoms with Crippen LogP contribution in [0.25, 0.3) is 0 Å². The van der Waals surface area contributed by atoms with Crippen molar-refractivity contribution in [1.82, 2.24) is 0 Å². The third-order valence-electron chi connectivity index (χ3n) is 5.27. The number of carbonyl (C=O) groups excluding carboxylic acids is 2. The Morgan fingerprint density at radius 1 is 1.38 bits per heavy atom. The summed E-state index contributed by atoms with van der Waals surface area (Å²) in [5.74, 6) is -2.27. The first-order valence-electron chi connectivity index (χ1n) is 7.19. The normalized spacial score (nSPS) is 42.4. The van der Waals surface area contributed by atoms with Crippen molar-refractivity contribution < 1.29 is 24.2 Å². The van der Waals surface area contributed by atoms with Gasteiger partial charge in [0.05, 0.1) is 5.92 Å². The van der Waals surface area contributed by atoms with E-state index < -0.39 is 23.3 Å². The Labute approximate surface area is 123 Å². The van der Waals surface area contributed by atoms with Crippen LogP contribution in [0.5, 0.6) is 0 Å². The molecule has 3 rings (SSSR count). The van der Waals surface area contributed by atoms with Gasteiger partial charge in [0.25, 0.3) is 0 Å². The number of hydrogen-bond donors (Lipinski definition) is 1. The average molecular weight is 292 g/mol.